The number of ether oxygens (including phenoxy) is 1. The van der Waals surface area contributed by atoms with Crippen LogP contribution in [-0.4, -0.2) is 30.6 Å². The van der Waals surface area contributed by atoms with Crippen LogP contribution in [0.1, 0.15) is 37.0 Å². The van der Waals surface area contributed by atoms with Gasteiger partial charge in [-0.25, -0.2) is 0 Å². The molecule has 124 valence electrons. The Morgan fingerprint density at radius 2 is 1.91 bits per heavy atom. The van der Waals surface area contributed by atoms with E-state index in [4.69, 9.17) is 5.73 Å². The maximum atomic E-state index is 12.4. The molecule has 1 aromatic carbocycles. The normalized spacial score (nSPS) is 22.1. The van der Waals surface area contributed by atoms with Gasteiger partial charge in [0.15, 0.2) is 0 Å². The summed E-state index contributed by atoms with van der Waals surface area (Å²) in [5.74, 6) is 0.291. The predicted octanol–water partition coefficient (Wildman–Crippen LogP) is 3.46. The van der Waals surface area contributed by atoms with Gasteiger partial charge in [-0.3, -0.25) is 4.90 Å². The third kappa shape index (κ3) is 3.96. The van der Waals surface area contributed by atoms with Gasteiger partial charge in [-0.05, 0) is 42.4 Å². The van der Waals surface area contributed by atoms with E-state index >= 15 is 0 Å². The Labute approximate surface area is 131 Å². The van der Waals surface area contributed by atoms with E-state index in [1.54, 1.807) is 0 Å². The third-order valence-corrected chi connectivity index (χ3v) is 4.52. The molecule has 2 rings (SSSR count). The Kier molecular flexibility index (Phi) is 5.07. The van der Waals surface area contributed by atoms with Gasteiger partial charge in [-0.1, -0.05) is 26.0 Å². The molecule has 0 spiro atoms. The molecule has 0 aliphatic carbocycles. The fourth-order valence-corrected chi connectivity index (χ4v) is 3.28. The van der Waals surface area contributed by atoms with Gasteiger partial charge < -0.3 is 10.5 Å². The van der Waals surface area contributed by atoms with Crippen molar-refractivity contribution in [1.29, 1.82) is 0 Å². The smallest absolute Gasteiger partial charge is 0.387 e. The van der Waals surface area contributed by atoms with E-state index in [9.17, 15) is 8.78 Å². The van der Waals surface area contributed by atoms with Crippen LogP contribution in [0.4, 0.5) is 8.78 Å². The second-order valence-corrected chi connectivity index (χ2v) is 7.03. The molecule has 1 heterocycles. The molecule has 0 amide bonds. The standard InChI is InChI=1S/C17H26F2N2O/c1-11-7-13(8-12(2)15(11)22-16(18)19)9-21-6-5-14(20)17(3,4)10-21/h7-8,14,16H,5-6,9-10,20H2,1-4H3. The molecule has 0 aromatic heterocycles. The van der Waals surface area contributed by atoms with E-state index < -0.39 is 6.61 Å². The Morgan fingerprint density at radius 1 is 1.32 bits per heavy atom. The zero-order valence-electron chi connectivity index (χ0n) is 13.8. The van der Waals surface area contributed by atoms with E-state index in [0.717, 1.165) is 42.7 Å². The highest BCUT2D eigenvalue weighted by atomic mass is 19.3. The van der Waals surface area contributed by atoms with Crippen LogP contribution < -0.4 is 10.5 Å². The molecule has 0 saturated carbocycles. The number of nitrogens with two attached hydrogens (primary N) is 1. The lowest BCUT2D eigenvalue weighted by Crippen LogP contribution is -2.52. The van der Waals surface area contributed by atoms with Crippen molar-refractivity contribution in [3.63, 3.8) is 0 Å². The monoisotopic (exact) mass is 312 g/mol. The molecule has 2 N–H and O–H groups in total. The van der Waals surface area contributed by atoms with Gasteiger partial charge in [0.05, 0.1) is 0 Å². The summed E-state index contributed by atoms with van der Waals surface area (Å²) in [5.41, 5.74) is 8.90. The van der Waals surface area contributed by atoms with Crippen molar-refractivity contribution in [2.75, 3.05) is 13.1 Å². The van der Waals surface area contributed by atoms with Crippen molar-refractivity contribution in [3.8, 4) is 5.75 Å². The van der Waals surface area contributed by atoms with Crippen LogP contribution in [0.2, 0.25) is 0 Å². The first-order valence-electron chi connectivity index (χ1n) is 7.72. The van der Waals surface area contributed by atoms with Gasteiger partial charge >= 0.3 is 6.61 Å². The summed E-state index contributed by atoms with van der Waals surface area (Å²) in [6, 6.07) is 4.10. The van der Waals surface area contributed by atoms with Crippen LogP contribution in [0, 0.1) is 19.3 Å². The van der Waals surface area contributed by atoms with Gasteiger partial charge in [-0.15, -0.1) is 0 Å². The molecule has 1 aliphatic heterocycles. The molecule has 0 radical (unpaired) electrons. The molecule has 1 atom stereocenters. The number of nitrogens with zero attached hydrogens (tertiary/aromatic N) is 1. The molecule has 0 bridgehead atoms. The predicted molar refractivity (Wildman–Crippen MR) is 84.2 cm³/mol. The number of alkyl halides is 2. The summed E-state index contributed by atoms with van der Waals surface area (Å²) in [5, 5.41) is 0. The maximum absolute atomic E-state index is 12.4. The van der Waals surface area contributed by atoms with Crippen LogP contribution in [0.25, 0.3) is 0 Å². The first-order valence-corrected chi connectivity index (χ1v) is 7.72. The number of rotatable bonds is 4. The Balaban J connectivity index is 2.11. The van der Waals surface area contributed by atoms with Gasteiger partial charge in [0.1, 0.15) is 5.75 Å². The SMILES string of the molecule is Cc1cc(CN2CCC(N)C(C)(C)C2)cc(C)c1OC(F)F. The molecule has 1 aromatic rings. The summed E-state index contributed by atoms with van der Waals surface area (Å²) in [4.78, 5) is 2.38. The van der Waals surface area contributed by atoms with Crippen LogP contribution >= 0.6 is 0 Å². The van der Waals surface area contributed by atoms with Gasteiger partial charge in [-0.2, -0.15) is 8.78 Å². The molecule has 1 saturated heterocycles. The molecule has 1 aliphatic rings. The average molecular weight is 312 g/mol. The molecule has 22 heavy (non-hydrogen) atoms. The van der Waals surface area contributed by atoms with Crippen LogP contribution in [0.5, 0.6) is 5.75 Å². The van der Waals surface area contributed by atoms with Crippen LogP contribution in [0.15, 0.2) is 12.1 Å². The summed E-state index contributed by atoms with van der Waals surface area (Å²) in [6.45, 7) is 7.95. The van der Waals surface area contributed by atoms with Crippen LogP contribution in [0.3, 0.4) is 0 Å². The number of benzene rings is 1. The number of piperidine rings is 1. The van der Waals surface area contributed by atoms with E-state index in [0.29, 0.717) is 5.75 Å². The molecule has 1 fully saturated rings. The molecule has 5 heteroatoms. The average Bonchev–Trinajstić information content (AvgIpc) is 2.38. The Morgan fingerprint density at radius 3 is 2.41 bits per heavy atom. The van der Waals surface area contributed by atoms with Crippen molar-refractivity contribution in [2.45, 2.75) is 53.3 Å². The number of likely N-dealkylation sites (tertiary alicyclic amines) is 1. The molecule has 1 unspecified atom stereocenters. The summed E-state index contributed by atoms with van der Waals surface area (Å²) in [6.07, 6.45) is 0.984. The second kappa shape index (κ2) is 6.50. The van der Waals surface area contributed by atoms with E-state index in [-0.39, 0.29) is 11.5 Å². The molecule has 3 nitrogen and oxygen atoms in total. The van der Waals surface area contributed by atoms with E-state index in [2.05, 4.69) is 23.5 Å². The van der Waals surface area contributed by atoms with Crippen molar-refractivity contribution < 1.29 is 13.5 Å². The Hall–Kier alpha value is -1.20. The molecular weight excluding hydrogens is 286 g/mol. The summed E-state index contributed by atoms with van der Waals surface area (Å²) < 4.78 is 29.5. The highest BCUT2D eigenvalue weighted by Gasteiger charge is 2.33. The Bertz CT molecular complexity index is 508. The fraction of sp³-hybridized carbons (Fsp3) is 0.647. The quantitative estimate of drug-likeness (QED) is 0.925. The number of hydrogen-bond acceptors (Lipinski definition) is 3. The van der Waals surface area contributed by atoms with Crippen molar-refractivity contribution in [3.05, 3.63) is 28.8 Å². The summed E-state index contributed by atoms with van der Waals surface area (Å²) in [7, 11) is 0. The lowest BCUT2D eigenvalue weighted by Gasteiger charge is -2.42. The van der Waals surface area contributed by atoms with Crippen molar-refractivity contribution >= 4 is 0 Å². The fourth-order valence-electron chi connectivity index (χ4n) is 3.28. The zero-order chi connectivity index (χ0) is 16.5. The topological polar surface area (TPSA) is 38.5 Å². The largest absolute Gasteiger partial charge is 0.434 e. The minimum Gasteiger partial charge on any atom is -0.434 e. The minimum absolute atomic E-state index is 0.0983. The third-order valence-electron chi connectivity index (χ3n) is 4.52. The van der Waals surface area contributed by atoms with Crippen molar-refractivity contribution in [2.24, 2.45) is 11.1 Å². The van der Waals surface area contributed by atoms with Crippen molar-refractivity contribution in [1.82, 2.24) is 4.90 Å². The first-order chi connectivity index (χ1) is 10.2. The zero-order valence-corrected chi connectivity index (χ0v) is 13.8. The number of halogens is 2. The summed E-state index contributed by atoms with van der Waals surface area (Å²) >= 11 is 0. The lowest BCUT2D eigenvalue weighted by molar-refractivity contribution is -0.0507. The molecular formula is C17H26F2N2O. The van der Waals surface area contributed by atoms with E-state index in [1.165, 1.54) is 0 Å². The van der Waals surface area contributed by atoms with Gasteiger partial charge in [0, 0.05) is 25.7 Å². The van der Waals surface area contributed by atoms with Gasteiger partial charge in [0.25, 0.3) is 0 Å². The highest BCUT2D eigenvalue weighted by molar-refractivity contribution is 5.43. The van der Waals surface area contributed by atoms with Gasteiger partial charge in [0.2, 0.25) is 0 Å². The number of aryl methyl sites for hydroxylation is 2. The first kappa shape index (κ1) is 17.2. The lowest BCUT2D eigenvalue weighted by atomic mass is 9.79. The number of hydrogen-bond donors (Lipinski definition) is 1. The highest BCUT2D eigenvalue weighted by Crippen LogP contribution is 2.30. The maximum Gasteiger partial charge on any atom is 0.387 e. The van der Waals surface area contributed by atoms with E-state index in [1.807, 2.05) is 26.0 Å². The second-order valence-electron chi connectivity index (χ2n) is 7.03. The minimum atomic E-state index is -2.78. The van der Waals surface area contributed by atoms with Crippen LogP contribution in [-0.2, 0) is 6.54 Å².